The maximum absolute atomic E-state index is 12.4. The van der Waals surface area contributed by atoms with Gasteiger partial charge in [-0.15, -0.1) is 0 Å². The summed E-state index contributed by atoms with van der Waals surface area (Å²) in [5, 5.41) is 14.2. The molecule has 1 aliphatic carbocycles. The van der Waals surface area contributed by atoms with Crippen LogP contribution in [0.25, 0.3) is 16.9 Å². The van der Waals surface area contributed by atoms with Gasteiger partial charge in [-0.05, 0) is 62.1 Å². The largest absolute Gasteiger partial charge is 0.490 e. The summed E-state index contributed by atoms with van der Waals surface area (Å²) in [4.78, 5) is 11.4. The van der Waals surface area contributed by atoms with E-state index in [0.717, 1.165) is 35.2 Å². The Morgan fingerprint density at radius 2 is 2.09 bits per heavy atom. The molecule has 0 aliphatic heterocycles. The molecule has 0 radical (unpaired) electrons. The molecule has 1 N–H and O–H groups in total. The van der Waals surface area contributed by atoms with Crippen LogP contribution in [0.2, 0.25) is 0 Å². The normalized spacial score (nSPS) is 15.0. The second kappa shape index (κ2) is 9.90. The highest BCUT2D eigenvalue weighted by Crippen LogP contribution is 2.37. The van der Waals surface area contributed by atoms with Gasteiger partial charge in [0.1, 0.15) is 11.8 Å². The lowest BCUT2D eigenvalue weighted by Crippen LogP contribution is -2.33. The van der Waals surface area contributed by atoms with Gasteiger partial charge in [0.25, 0.3) is 0 Å². The summed E-state index contributed by atoms with van der Waals surface area (Å²) in [5.74, 6) is -0.996. The molecule has 1 atom stereocenters. The molecule has 1 aliphatic rings. The van der Waals surface area contributed by atoms with E-state index >= 15 is 0 Å². The van der Waals surface area contributed by atoms with E-state index in [9.17, 15) is 18.5 Å². The summed E-state index contributed by atoms with van der Waals surface area (Å²) in [7, 11) is -2.67. The molecule has 1 heterocycles. The van der Waals surface area contributed by atoms with Crippen molar-refractivity contribution in [3.63, 3.8) is 0 Å². The number of nitrogens with one attached hydrogen (secondary N) is 1. The Kier molecular flexibility index (Phi) is 6.91. The SMILES string of the molecule is COC(=O)CS(=O)(=O)N[C@H]1CCc2c(-c3ccn(-c4ccc(OC(C)C)c(C#N)c4)n3)cccc21. The second-order valence-electron chi connectivity index (χ2n) is 8.52. The van der Waals surface area contributed by atoms with Gasteiger partial charge in [-0.25, -0.2) is 17.8 Å². The van der Waals surface area contributed by atoms with Crippen molar-refractivity contribution in [1.29, 1.82) is 5.26 Å². The number of methoxy groups -OCH3 is 1. The quantitative estimate of drug-likeness (QED) is 0.477. The first kappa shape index (κ1) is 24.4. The molecule has 0 fully saturated rings. The van der Waals surface area contributed by atoms with Crippen molar-refractivity contribution < 1.29 is 22.7 Å². The summed E-state index contributed by atoms with van der Waals surface area (Å²) < 4.78 is 39.2. The van der Waals surface area contributed by atoms with Crippen molar-refractivity contribution >= 4 is 16.0 Å². The van der Waals surface area contributed by atoms with E-state index in [1.807, 2.05) is 50.4 Å². The number of aromatic nitrogens is 2. The van der Waals surface area contributed by atoms with E-state index in [1.54, 1.807) is 16.8 Å². The molecular formula is C25H26N4O5S. The first-order chi connectivity index (χ1) is 16.7. The molecule has 1 aromatic heterocycles. The zero-order valence-electron chi connectivity index (χ0n) is 19.7. The maximum Gasteiger partial charge on any atom is 0.322 e. The highest BCUT2D eigenvalue weighted by molar-refractivity contribution is 7.90. The van der Waals surface area contributed by atoms with E-state index in [-0.39, 0.29) is 6.10 Å². The van der Waals surface area contributed by atoms with Crippen LogP contribution in [0.5, 0.6) is 5.75 Å². The highest BCUT2D eigenvalue weighted by atomic mass is 32.2. The van der Waals surface area contributed by atoms with E-state index in [0.29, 0.717) is 24.2 Å². The predicted octanol–water partition coefficient (Wildman–Crippen LogP) is 3.28. The zero-order valence-corrected chi connectivity index (χ0v) is 20.5. The van der Waals surface area contributed by atoms with Crippen LogP contribution in [0.15, 0.2) is 48.7 Å². The van der Waals surface area contributed by atoms with Crippen molar-refractivity contribution in [1.82, 2.24) is 14.5 Å². The Morgan fingerprint density at radius 1 is 1.29 bits per heavy atom. The Labute approximate surface area is 204 Å². The van der Waals surface area contributed by atoms with Crippen LogP contribution in [-0.4, -0.2) is 43.1 Å². The standard InChI is InChI=1S/C25H26N4O5S/c1-16(2)34-24-10-7-18(13-17(24)14-26)29-12-11-22(27-29)20-5-4-6-21-19(20)8-9-23(21)28-35(31,32)15-25(30)33-3/h4-7,10-13,16,23,28H,8-9,15H2,1-3H3/t23-/m0/s1. The van der Waals surface area contributed by atoms with Crippen LogP contribution < -0.4 is 9.46 Å². The first-order valence-corrected chi connectivity index (χ1v) is 12.8. The minimum Gasteiger partial charge on any atom is -0.490 e. The number of fused-ring (bicyclic) bond motifs is 1. The van der Waals surface area contributed by atoms with Gasteiger partial charge >= 0.3 is 5.97 Å². The lowest BCUT2D eigenvalue weighted by atomic mass is 10.0. The van der Waals surface area contributed by atoms with Gasteiger partial charge in [-0.1, -0.05) is 18.2 Å². The zero-order chi connectivity index (χ0) is 25.2. The number of ether oxygens (including phenoxy) is 2. The van der Waals surface area contributed by atoms with Crippen molar-refractivity contribution in [2.75, 3.05) is 12.9 Å². The third-order valence-electron chi connectivity index (χ3n) is 5.70. The van der Waals surface area contributed by atoms with Crippen LogP contribution in [-0.2, 0) is 26.0 Å². The van der Waals surface area contributed by atoms with Gasteiger partial charge in [-0.2, -0.15) is 10.4 Å². The Hall–Kier alpha value is -3.68. The lowest BCUT2D eigenvalue weighted by Gasteiger charge is -2.14. The predicted molar refractivity (Wildman–Crippen MR) is 129 cm³/mol. The maximum atomic E-state index is 12.4. The Balaban J connectivity index is 1.60. The number of sulfonamides is 1. The van der Waals surface area contributed by atoms with E-state index in [2.05, 4.69) is 15.5 Å². The van der Waals surface area contributed by atoms with Crippen LogP contribution in [0.3, 0.4) is 0 Å². The summed E-state index contributed by atoms with van der Waals surface area (Å²) in [6.07, 6.45) is 3.03. The van der Waals surface area contributed by atoms with Crippen LogP contribution in [0.4, 0.5) is 0 Å². The summed E-state index contributed by atoms with van der Waals surface area (Å²) in [6.45, 7) is 3.81. The first-order valence-electron chi connectivity index (χ1n) is 11.2. The topological polar surface area (TPSA) is 123 Å². The molecule has 35 heavy (non-hydrogen) atoms. The molecule has 2 aromatic carbocycles. The van der Waals surface area contributed by atoms with Gasteiger partial charge in [0, 0.05) is 17.8 Å². The van der Waals surface area contributed by atoms with Crippen molar-refractivity contribution in [2.45, 2.75) is 38.8 Å². The molecule has 0 unspecified atom stereocenters. The fourth-order valence-corrected chi connectivity index (χ4v) is 5.39. The smallest absolute Gasteiger partial charge is 0.322 e. The highest BCUT2D eigenvalue weighted by Gasteiger charge is 2.30. The monoisotopic (exact) mass is 494 g/mol. The van der Waals surface area contributed by atoms with Crippen LogP contribution in [0.1, 0.15) is 43.0 Å². The molecule has 9 nitrogen and oxygen atoms in total. The fourth-order valence-electron chi connectivity index (χ4n) is 4.21. The molecule has 0 amide bonds. The number of nitriles is 1. The third-order valence-corrected chi connectivity index (χ3v) is 6.96. The molecule has 4 rings (SSSR count). The van der Waals surface area contributed by atoms with Crippen molar-refractivity contribution in [3.8, 4) is 28.8 Å². The number of esters is 1. The molecule has 182 valence electrons. The van der Waals surface area contributed by atoms with Gasteiger partial charge < -0.3 is 9.47 Å². The van der Waals surface area contributed by atoms with Crippen molar-refractivity contribution in [2.24, 2.45) is 0 Å². The average Bonchev–Trinajstić information content (AvgIpc) is 3.46. The number of benzene rings is 2. The van der Waals surface area contributed by atoms with Gasteiger partial charge in [0.05, 0.1) is 30.2 Å². The fraction of sp³-hybridized carbons (Fsp3) is 0.320. The number of rotatable bonds is 8. The molecule has 10 heteroatoms. The summed E-state index contributed by atoms with van der Waals surface area (Å²) in [6, 6.07) is 14.7. The Morgan fingerprint density at radius 3 is 2.80 bits per heavy atom. The Bertz CT molecular complexity index is 1410. The number of carbonyl (C=O) groups is 1. The minimum atomic E-state index is -3.83. The van der Waals surface area contributed by atoms with Crippen LogP contribution >= 0.6 is 0 Å². The average molecular weight is 495 g/mol. The molecule has 3 aromatic rings. The number of carbonyl (C=O) groups excluding carboxylic acids is 1. The third kappa shape index (κ3) is 5.37. The van der Waals surface area contributed by atoms with Crippen molar-refractivity contribution in [3.05, 3.63) is 65.4 Å². The molecule has 0 saturated heterocycles. The van der Waals surface area contributed by atoms with Crippen LogP contribution in [0, 0.1) is 11.3 Å². The second-order valence-corrected chi connectivity index (χ2v) is 10.3. The van der Waals surface area contributed by atoms with Gasteiger partial charge in [0.15, 0.2) is 5.75 Å². The van der Waals surface area contributed by atoms with E-state index in [4.69, 9.17) is 9.84 Å². The number of hydrogen-bond donors (Lipinski definition) is 1. The van der Waals surface area contributed by atoms with Gasteiger partial charge in [-0.3, -0.25) is 4.79 Å². The van der Waals surface area contributed by atoms with E-state index in [1.165, 1.54) is 0 Å². The van der Waals surface area contributed by atoms with Gasteiger partial charge in [0.2, 0.25) is 10.0 Å². The molecule has 0 spiro atoms. The summed E-state index contributed by atoms with van der Waals surface area (Å²) >= 11 is 0. The molecular weight excluding hydrogens is 468 g/mol. The number of hydrogen-bond acceptors (Lipinski definition) is 7. The summed E-state index contributed by atoms with van der Waals surface area (Å²) in [5.41, 5.74) is 4.69. The molecule has 0 saturated carbocycles. The molecule has 0 bridgehead atoms. The van der Waals surface area contributed by atoms with E-state index < -0.39 is 27.8 Å². The lowest BCUT2D eigenvalue weighted by molar-refractivity contribution is -0.137. The number of nitrogens with zero attached hydrogens (tertiary/aromatic N) is 3. The minimum absolute atomic E-state index is 0.0433.